The van der Waals surface area contributed by atoms with E-state index in [4.69, 9.17) is 8.83 Å². The molecule has 0 bridgehead atoms. The zero-order valence-electron chi connectivity index (χ0n) is 26.3. The number of aryl methyl sites for hydroxylation is 6. The molecule has 2 aliphatic heterocycles. The number of hydrogen-bond acceptors (Lipinski definition) is 3. The molecule has 5 heteroatoms. The lowest BCUT2D eigenvalue weighted by Gasteiger charge is -2.18. The average molecular weight is 550 g/mol. The highest BCUT2D eigenvalue weighted by Gasteiger charge is 2.37. The molecule has 4 aromatic carbocycles. The van der Waals surface area contributed by atoms with Crippen LogP contribution in [0.5, 0.6) is 0 Å². The molecule has 1 aromatic heterocycles. The number of rotatable bonds is 2. The number of benzene rings is 4. The molecule has 42 heavy (non-hydrogen) atoms. The molecule has 0 spiro atoms. The largest absolute Gasteiger partial charge is 0.519 e. The van der Waals surface area contributed by atoms with Crippen molar-refractivity contribution in [2.75, 3.05) is 0 Å². The summed E-state index contributed by atoms with van der Waals surface area (Å²) < 4.78 is 11.9. The van der Waals surface area contributed by atoms with Gasteiger partial charge in [0.1, 0.15) is 0 Å². The zero-order chi connectivity index (χ0) is 29.9. The van der Waals surface area contributed by atoms with Crippen molar-refractivity contribution in [1.29, 1.82) is 0 Å². The molecule has 0 fully saturated rings. The van der Waals surface area contributed by atoms with Crippen LogP contribution < -0.4 is 27.7 Å². The fourth-order valence-corrected chi connectivity index (χ4v) is 8.71. The summed E-state index contributed by atoms with van der Waals surface area (Å²) in [6.07, 6.45) is 0. The first-order valence-corrected chi connectivity index (χ1v) is 15.0. The van der Waals surface area contributed by atoms with Crippen molar-refractivity contribution in [3.05, 3.63) is 91.5 Å². The Balaban J connectivity index is 1.46. The van der Waals surface area contributed by atoms with Crippen molar-refractivity contribution in [1.82, 2.24) is 0 Å². The molecular formula is C37H36B2O3. The van der Waals surface area contributed by atoms with Crippen LogP contribution >= 0.6 is 0 Å². The van der Waals surface area contributed by atoms with Gasteiger partial charge in [0.25, 0.3) is 0 Å². The summed E-state index contributed by atoms with van der Waals surface area (Å²) in [6.45, 7) is 22.5. The molecule has 208 valence electrons. The molecule has 0 unspecified atom stereocenters. The fraction of sp³-hybridized carbons (Fsp3) is 0.270. The summed E-state index contributed by atoms with van der Waals surface area (Å²) in [5.74, 6) is 0.412. The predicted molar refractivity (Wildman–Crippen MR) is 179 cm³/mol. The maximum Gasteiger partial charge on any atom is 0.519 e. The molecule has 0 aliphatic carbocycles. The van der Waals surface area contributed by atoms with Gasteiger partial charge in [-0.15, -0.1) is 0 Å². The molecule has 0 amide bonds. The van der Waals surface area contributed by atoms with Gasteiger partial charge >= 0.3 is 5.82 Å². The lowest BCUT2D eigenvalue weighted by atomic mass is 9.43. The Morgan fingerprint density at radius 1 is 0.476 bits per heavy atom. The molecule has 3 nitrogen and oxygen atoms in total. The van der Waals surface area contributed by atoms with E-state index in [1.54, 1.807) is 0 Å². The average Bonchev–Trinajstić information content (AvgIpc) is 3.49. The van der Waals surface area contributed by atoms with Gasteiger partial charge in [-0.05, 0) is 99.9 Å². The van der Waals surface area contributed by atoms with Gasteiger partial charge in [-0.2, -0.15) is 0 Å². The Hall–Kier alpha value is -3.98. The minimum absolute atomic E-state index is 0.256. The van der Waals surface area contributed by atoms with Crippen molar-refractivity contribution in [3.63, 3.8) is 0 Å². The maximum atomic E-state index is 12.9. The summed E-state index contributed by atoms with van der Waals surface area (Å²) in [4.78, 5) is 12.9. The van der Waals surface area contributed by atoms with Gasteiger partial charge in [-0.3, -0.25) is 0 Å². The second-order valence-corrected chi connectivity index (χ2v) is 13.0. The third-order valence-corrected chi connectivity index (χ3v) is 10.1. The Labute approximate surface area is 249 Å². The van der Waals surface area contributed by atoms with Crippen LogP contribution in [0.2, 0.25) is 13.6 Å². The minimum Gasteiger partial charge on any atom is -0.390 e. The van der Waals surface area contributed by atoms with Crippen molar-refractivity contribution >= 4 is 35.3 Å². The third-order valence-electron chi connectivity index (χ3n) is 10.1. The normalized spacial score (nSPS) is 13.0. The van der Waals surface area contributed by atoms with Gasteiger partial charge < -0.3 is 8.83 Å². The second kappa shape index (κ2) is 9.01. The SMILES string of the molecule is CB1c2c(C)cc(C)cc2-c2cc(C)c(-c3oc(=O)oc3-c3c(C)cc4c(c3C)B(C)c3c(C)cc(C)cc3-4)c(C)c21. The third kappa shape index (κ3) is 3.52. The Bertz CT molecular complexity index is 1930. The van der Waals surface area contributed by atoms with Crippen LogP contribution in [-0.4, -0.2) is 13.4 Å². The van der Waals surface area contributed by atoms with Crippen LogP contribution in [0, 0.1) is 55.4 Å². The van der Waals surface area contributed by atoms with Crippen LogP contribution in [-0.2, 0) is 0 Å². The summed E-state index contributed by atoms with van der Waals surface area (Å²) >= 11 is 0. The zero-order valence-corrected chi connectivity index (χ0v) is 26.3. The smallest absolute Gasteiger partial charge is 0.390 e. The van der Waals surface area contributed by atoms with Crippen LogP contribution in [0.25, 0.3) is 44.9 Å². The predicted octanol–water partition coefficient (Wildman–Crippen LogP) is 6.47. The van der Waals surface area contributed by atoms with E-state index in [2.05, 4.69) is 105 Å². The van der Waals surface area contributed by atoms with E-state index in [1.807, 2.05) is 0 Å². The topological polar surface area (TPSA) is 43.4 Å². The van der Waals surface area contributed by atoms with E-state index in [0.29, 0.717) is 11.5 Å². The molecule has 0 radical (unpaired) electrons. The monoisotopic (exact) mass is 550 g/mol. The summed E-state index contributed by atoms with van der Waals surface area (Å²) in [5, 5.41) is 0. The Morgan fingerprint density at radius 2 is 0.833 bits per heavy atom. The van der Waals surface area contributed by atoms with Crippen molar-refractivity contribution in [2.24, 2.45) is 0 Å². The molecule has 2 aliphatic rings. The molecule has 0 saturated heterocycles. The number of fused-ring (bicyclic) bond motifs is 6. The summed E-state index contributed by atoms with van der Waals surface area (Å²) in [5.41, 5.74) is 22.2. The van der Waals surface area contributed by atoms with Crippen LogP contribution in [0.1, 0.15) is 44.5 Å². The molecule has 0 saturated carbocycles. The molecule has 0 N–H and O–H groups in total. The highest BCUT2D eigenvalue weighted by Crippen LogP contribution is 2.42. The molecular weight excluding hydrogens is 514 g/mol. The lowest BCUT2D eigenvalue weighted by molar-refractivity contribution is 0.393. The van der Waals surface area contributed by atoms with Crippen LogP contribution in [0.15, 0.2) is 50.0 Å². The van der Waals surface area contributed by atoms with E-state index in [9.17, 15) is 4.79 Å². The van der Waals surface area contributed by atoms with E-state index in [1.165, 1.54) is 66.4 Å². The molecule has 0 atom stereocenters. The van der Waals surface area contributed by atoms with E-state index in [-0.39, 0.29) is 13.4 Å². The quantitative estimate of drug-likeness (QED) is 0.237. The van der Waals surface area contributed by atoms with Gasteiger partial charge in [0, 0.05) is 11.1 Å². The van der Waals surface area contributed by atoms with E-state index < -0.39 is 5.82 Å². The van der Waals surface area contributed by atoms with E-state index in [0.717, 1.165) is 33.4 Å². The van der Waals surface area contributed by atoms with Gasteiger partial charge in [-0.1, -0.05) is 94.1 Å². The Morgan fingerprint density at radius 3 is 1.21 bits per heavy atom. The standard InChI is InChI=1S/C37H36B2O3/c1-17-11-21(5)31-25(13-17)27-15-19(3)29(23(7)33(27)38(31)9)35-36(42-37(40)41-35)30-20(4)16-28-26-14-18(2)12-22(6)32(26)39(10)34(28)24(30)8/h11-16H,1-10H3. The van der Waals surface area contributed by atoms with Gasteiger partial charge in [-0.25, -0.2) is 4.79 Å². The van der Waals surface area contributed by atoms with Crippen molar-refractivity contribution < 1.29 is 8.83 Å². The Kier molecular flexibility index (Phi) is 5.77. The molecule has 3 heterocycles. The van der Waals surface area contributed by atoms with Crippen molar-refractivity contribution in [2.45, 2.75) is 69.0 Å². The summed E-state index contributed by atoms with van der Waals surface area (Å²) in [7, 11) is 0. The second-order valence-electron chi connectivity index (χ2n) is 13.0. The van der Waals surface area contributed by atoms with Gasteiger partial charge in [0.15, 0.2) is 11.5 Å². The maximum absolute atomic E-state index is 12.9. The number of hydrogen-bond donors (Lipinski definition) is 0. The van der Waals surface area contributed by atoms with Crippen LogP contribution in [0.4, 0.5) is 0 Å². The first kappa shape index (κ1) is 26.9. The molecule has 7 rings (SSSR count). The molecule has 5 aromatic rings. The highest BCUT2D eigenvalue weighted by atomic mass is 16.6. The van der Waals surface area contributed by atoms with Crippen molar-refractivity contribution in [3.8, 4) is 44.9 Å². The fourth-order valence-electron chi connectivity index (χ4n) is 8.71. The lowest BCUT2D eigenvalue weighted by Crippen LogP contribution is -2.38. The summed E-state index contributed by atoms with van der Waals surface area (Å²) in [6, 6.07) is 13.7. The first-order chi connectivity index (χ1) is 19.9. The van der Waals surface area contributed by atoms with Gasteiger partial charge in [0.2, 0.25) is 13.4 Å². The minimum atomic E-state index is -0.663. The first-order valence-electron chi connectivity index (χ1n) is 15.0. The van der Waals surface area contributed by atoms with Crippen LogP contribution in [0.3, 0.4) is 0 Å². The highest BCUT2D eigenvalue weighted by molar-refractivity contribution is 6.90. The van der Waals surface area contributed by atoms with E-state index >= 15 is 0 Å². The van der Waals surface area contributed by atoms with Gasteiger partial charge in [0.05, 0.1) is 0 Å².